The normalized spacial score (nSPS) is 10.9. The van der Waals surface area contributed by atoms with Crippen LogP contribution in [-0.4, -0.2) is 50.9 Å². The predicted molar refractivity (Wildman–Crippen MR) is 143 cm³/mol. The van der Waals surface area contributed by atoms with Crippen molar-refractivity contribution in [1.82, 2.24) is 15.6 Å². The van der Waals surface area contributed by atoms with Crippen LogP contribution in [0.3, 0.4) is 0 Å². The second-order valence-corrected chi connectivity index (χ2v) is 7.28. The number of aryl methyl sites for hydroxylation is 1. The van der Waals surface area contributed by atoms with Crippen molar-refractivity contribution in [2.24, 2.45) is 4.99 Å². The maximum Gasteiger partial charge on any atom is 0.191 e. The SMILES string of the molecule is CCNC(=NCc1ccc(C)cc1OCCCOC)NCCCCNc1ccccn1.I. The lowest BCUT2D eigenvalue weighted by atomic mass is 10.1. The van der Waals surface area contributed by atoms with E-state index in [9.17, 15) is 0 Å². The minimum atomic E-state index is 0. The van der Waals surface area contributed by atoms with Gasteiger partial charge in [0.1, 0.15) is 11.6 Å². The standard InChI is InChI=1S/C24H37N5O2.HI/c1-4-25-24(28-15-8-7-14-27-23-10-5-6-13-26-23)29-19-21-12-11-20(2)18-22(21)31-17-9-16-30-3;/h5-6,10-13,18H,4,7-9,14-17,19H2,1-3H3,(H,26,27)(H2,25,28,29);1H. The largest absolute Gasteiger partial charge is 0.493 e. The predicted octanol–water partition coefficient (Wildman–Crippen LogP) is 4.37. The van der Waals surface area contributed by atoms with Crippen molar-refractivity contribution in [3.8, 4) is 5.75 Å². The lowest BCUT2D eigenvalue weighted by Crippen LogP contribution is -2.37. The number of unbranched alkanes of at least 4 members (excludes halogenated alkanes) is 1. The lowest BCUT2D eigenvalue weighted by Gasteiger charge is -2.14. The Morgan fingerprint density at radius 2 is 1.88 bits per heavy atom. The number of aromatic nitrogens is 1. The molecule has 8 heteroatoms. The van der Waals surface area contributed by atoms with Crippen LogP contribution in [0.2, 0.25) is 0 Å². The second-order valence-electron chi connectivity index (χ2n) is 7.28. The number of nitrogens with one attached hydrogen (secondary N) is 3. The summed E-state index contributed by atoms with van der Waals surface area (Å²) in [5.74, 6) is 2.64. The third-order valence-electron chi connectivity index (χ3n) is 4.59. The third kappa shape index (κ3) is 11.5. The van der Waals surface area contributed by atoms with E-state index in [0.717, 1.165) is 62.0 Å². The summed E-state index contributed by atoms with van der Waals surface area (Å²) in [6.45, 7) is 8.64. The van der Waals surface area contributed by atoms with E-state index in [-0.39, 0.29) is 24.0 Å². The fourth-order valence-corrected chi connectivity index (χ4v) is 2.96. The van der Waals surface area contributed by atoms with Crippen LogP contribution in [0.25, 0.3) is 0 Å². The smallest absolute Gasteiger partial charge is 0.191 e. The number of ether oxygens (including phenoxy) is 2. The summed E-state index contributed by atoms with van der Waals surface area (Å²) >= 11 is 0. The summed E-state index contributed by atoms with van der Waals surface area (Å²) in [6, 6.07) is 12.2. The molecule has 0 aliphatic heterocycles. The van der Waals surface area contributed by atoms with Crippen LogP contribution in [0.1, 0.15) is 37.3 Å². The lowest BCUT2D eigenvalue weighted by molar-refractivity contribution is 0.172. The van der Waals surface area contributed by atoms with Crippen LogP contribution >= 0.6 is 24.0 Å². The van der Waals surface area contributed by atoms with Crippen LogP contribution in [0, 0.1) is 6.92 Å². The molecular formula is C24H38IN5O2. The first-order chi connectivity index (χ1) is 15.2. The van der Waals surface area contributed by atoms with Crippen molar-refractivity contribution in [2.75, 3.05) is 45.3 Å². The van der Waals surface area contributed by atoms with Gasteiger partial charge in [-0.3, -0.25) is 0 Å². The molecule has 0 saturated carbocycles. The summed E-state index contributed by atoms with van der Waals surface area (Å²) in [5.41, 5.74) is 2.26. The highest BCUT2D eigenvalue weighted by Gasteiger charge is 2.05. The molecule has 0 aliphatic carbocycles. The number of nitrogens with zero attached hydrogens (tertiary/aromatic N) is 2. The van der Waals surface area contributed by atoms with Crippen LogP contribution in [0.4, 0.5) is 5.82 Å². The first-order valence-corrected chi connectivity index (χ1v) is 11.1. The molecule has 0 aliphatic rings. The average molecular weight is 556 g/mol. The fraction of sp³-hybridized carbons (Fsp3) is 0.500. The molecule has 1 aromatic heterocycles. The van der Waals surface area contributed by atoms with Gasteiger partial charge in [0, 0.05) is 51.5 Å². The molecular weight excluding hydrogens is 517 g/mol. The van der Waals surface area contributed by atoms with Crippen molar-refractivity contribution in [3.05, 3.63) is 53.7 Å². The molecule has 32 heavy (non-hydrogen) atoms. The number of benzene rings is 1. The van der Waals surface area contributed by atoms with Gasteiger partial charge in [0.25, 0.3) is 0 Å². The molecule has 2 rings (SSSR count). The second kappa shape index (κ2) is 17.5. The molecule has 2 aromatic rings. The Hall–Kier alpha value is -2.07. The van der Waals surface area contributed by atoms with E-state index in [4.69, 9.17) is 14.5 Å². The summed E-state index contributed by atoms with van der Waals surface area (Å²) < 4.78 is 11.1. The number of rotatable bonds is 14. The molecule has 0 amide bonds. The van der Waals surface area contributed by atoms with E-state index >= 15 is 0 Å². The van der Waals surface area contributed by atoms with Crippen molar-refractivity contribution in [2.45, 2.75) is 39.7 Å². The van der Waals surface area contributed by atoms with Gasteiger partial charge in [0.15, 0.2) is 5.96 Å². The van der Waals surface area contributed by atoms with E-state index < -0.39 is 0 Å². The van der Waals surface area contributed by atoms with E-state index in [2.05, 4.69) is 53.0 Å². The maximum atomic E-state index is 5.97. The molecule has 0 bridgehead atoms. The van der Waals surface area contributed by atoms with Gasteiger partial charge in [0.05, 0.1) is 13.2 Å². The molecule has 1 aromatic carbocycles. The van der Waals surface area contributed by atoms with E-state index in [0.29, 0.717) is 19.8 Å². The van der Waals surface area contributed by atoms with Crippen molar-refractivity contribution in [1.29, 1.82) is 0 Å². The monoisotopic (exact) mass is 555 g/mol. The maximum absolute atomic E-state index is 5.97. The number of aliphatic imine (C=N–C) groups is 1. The van der Waals surface area contributed by atoms with E-state index in [1.807, 2.05) is 18.2 Å². The minimum absolute atomic E-state index is 0. The van der Waals surface area contributed by atoms with Crippen molar-refractivity contribution >= 4 is 35.8 Å². The van der Waals surface area contributed by atoms with Crippen LogP contribution < -0.4 is 20.7 Å². The number of halogens is 1. The number of hydrogen-bond donors (Lipinski definition) is 3. The molecule has 3 N–H and O–H groups in total. The zero-order valence-corrected chi connectivity index (χ0v) is 21.9. The zero-order valence-electron chi connectivity index (χ0n) is 19.5. The van der Waals surface area contributed by atoms with E-state index in [1.165, 1.54) is 5.56 Å². The van der Waals surface area contributed by atoms with Gasteiger partial charge in [-0.1, -0.05) is 18.2 Å². The summed E-state index contributed by atoms with van der Waals surface area (Å²) in [5, 5.41) is 10.1. The van der Waals surface area contributed by atoms with Gasteiger partial charge in [-0.2, -0.15) is 0 Å². The minimum Gasteiger partial charge on any atom is -0.493 e. The Kier molecular flexibility index (Phi) is 15.3. The molecule has 0 spiro atoms. The molecule has 1 heterocycles. The molecule has 0 saturated heterocycles. The highest BCUT2D eigenvalue weighted by atomic mass is 127. The highest BCUT2D eigenvalue weighted by molar-refractivity contribution is 14.0. The molecule has 7 nitrogen and oxygen atoms in total. The van der Waals surface area contributed by atoms with Crippen LogP contribution in [0.5, 0.6) is 5.75 Å². The van der Waals surface area contributed by atoms with Gasteiger partial charge >= 0.3 is 0 Å². The van der Waals surface area contributed by atoms with Crippen LogP contribution in [-0.2, 0) is 11.3 Å². The number of guanidine groups is 1. The Morgan fingerprint density at radius 1 is 1.03 bits per heavy atom. The molecule has 0 fully saturated rings. The van der Waals surface area contributed by atoms with E-state index in [1.54, 1.807) is 13.3 Å². The first kappa shape index (κ1) is 28.0. The third-order valence-corrected chi connectivity index (χ3v) is 4.59. The van der Waals surface area contributed by atoms with Gasteiger partial charge in [-0.15, -0.1) is 24.0 Å². The van der Waals surface area contributed by atoms with Crippen molar-refractivity contribution in [3.63, 3.8) is 0 Å². The average Bonchev–Trinajstić information content (AvgIpc) is 2.79. The molecule has 0 unspecified atom stereocenters. The topological polar surface area (TPSA) is 79.8 Å². The Labute approximate surface area is 209 Å². The number of hydrogen-bond acceptors (Lipinski definition) is 5. The first-order valence-electron chi connectivity index (χ1n) is 11.1. The quantitative estimate of drug-likeness (QED) is 0.139. The van der Waals surface area contributed by atoms with Gasteiger partial charge in [-0.05, 0) is 50.5 Å². The molecule has 178 valence electrons. The number of pyridine rings is 1. The fourth-order valence-electron chi connectivity index (χ4n) is 2.96. The number of methoxy groups -OCH3 is 1. The Bertz CT molecular complexity index is 774. The van der Waals surface area contributed by atoms with Crippen LogP contribution in [0.15, 0.2) is 47.6 Å². The highest BCUT2D eigenvalue weighted by Crippen LogP contribution is 2.21. The summed E-state index contributed by atoms with van der Waals surface area (Å²) in [4.78, 5) is 9.02. The number of anilines is 1. The summed E-state index contributed by atoms with van der Waals surface area (Å²) in [6.07, 6.45) is 4.77. The molecule has 0 radical (unpaired) electrons. The zero-order chi connectivity index (χ0) is 22.2. The molecule has 0 atom stereocenters. The Balaban J connectivity index is 0.00000512. The summed E-state index contributed by atoms with van der Waals surface area (Å²) in [7, 11) is 1.71. The van der Waals surface area contributed by atoms with Gasteiger partial charge < -0.3 is 25.4 Å². The van der Waals surface area contributed by atoms with Gasteiger partial charge in [0.2, 0.25) is 0 Å². The Morgan fingerprint density at radius 3 is 2.62 bits per heavy atom. The van der Waals surface area contributed by atoms with Crippen molar-refractivity contribution < 1.29 is 9.47 Å². The van der Waals surface area contributed by atoms with Gasteiger partial charge in [-0.25, -0.2) is 9.98 Å².